The fourth-order valence-corrected chi connectivity index (χ4v) is 2.23. The number of halogens is 1. The average Bonchev–Trinajstić information content (AvgIpc) is 2.42. The van der Waals surface area contributed by atoms with Crippen molar-refractivity contribution in [3.8, 4) is 11.5 Å². The molecule has 110 valence electrons. The molecular weight excluding hydrogens is 284 g/mol. The topological polar surface area (TPSA) is 26.3 Å². The van der Waals surface area contributed by atoms with Crippen molar-refractivity contribution in [2.75, 3.05) is 0 Å². The van der Waals surface area contributed by atoms with Gasteiger partial charge in [0.2, 0.25) is 0 Å². The van der Waals surface area contributed by atoms with Crippen LogP contribution in [0.15, 0.2) is 36.4 Å². The second kappa shape index (κ2) is 6.31. The molecule has 0 aliphatic heterocycles. The normalized spacial score (nSPS) is 10.8. The Bertz CT molecular complexity index is 675. The summed E-state index contributed by atoms with van der Waals surface area (Å²) in [6, 6.07) is 11.3. The van der Waals surface area contributed by atoms with Crippen LogP contribution in [0.4, 0.5) is 0 Å². The van der Waals surface area contributed by atoms with Gasteiger partial charge in [0, 0.05) is 5.56 Å². The van der Waals surface area contributed by atoms with E-state index in [1.54, 1.807) is 18.2 Å². The molecule has 0 bridgehead atoms. The van der Waals surface area contributed by atoms with E-state index >= 15 is 0 Å². The molecule has 2 rings (SSSR count). The summed E-state index contributed by atoms with van der Waals surface area (Å²) in [7, 11) is 0. The highest BCUT2D eigenvalue weighted by Gasteiger charge is 2.10. The Morgan fingerprint density at radius 2 is 1.81 bits per heavy atom. The van der Waals surface area contributed by atoms with Crippen LogP contribution in [0.2, 0.25) is 5.02 Å². The van der Waals surface area contributed by atoms with Crippen LogP contribution in [-0.4, -0.2) is 5.78 Å². The van der Waals surface area contributed by atoms with Gasteiger partial charge in [0.25, 0.3) is 0 Å². The van der Waals surface area contributed by atoms with Crippen molar-refractivity contribution in [1.29, 1.82) is 0 Å². The molecule has 0 fully saturated rings. The Morgan fingerprint density at radius 3 is 2.38 bits per heavy atom. The van der Waals surface area contributed by atoms with Gasteiger partial charge in [-0.15, -0.1) is 0 Å². The lowest BCUT2D eigenvalue weighted by molar-refractivity contribution is 0.101. The summed E-state index contributed by atoms with van der Waals surface area (Å²) in [4.78, 5) is 11.3. The lowest BCUT2D eigenvalue weighted by atomic mass is 10.0. The number of aryl methyl sites for hydroxylation is 1. The fourth-order valence-electron chi connectivity index (χ4n) is 2.01. The maximum atomic E-state index is 11.3. The molecule has 0 atom stereocenters. The quantitative estimate of drug-likeness (QED) is 0.670. The highest BCUT2D eigenvalue weighted by Crippen LogP contribution is 2.33. The van der Waals surface area contributed by atoms with Gasteiger partial charge in [-0.25, -0.2) is 0 Å². The molecule has 0 aliphatic rings. The second-order valence-corrected chi connectivity index (χ2v) is 5.89. The average molecular weight is 303 g/mol. The lowest BCUT2D eigenvalue weighted by Crippen LogP contribution is -1.95. The molecule has 2 aromatic carbocycles. The molecule has 0 radical (unpaired) electrons. The molecule has 0 saturated heterocycles. The Labute approximate surface area is 130 Å². The van der Waals surface area contributed by atoms with Crippen molar-refractivity contribution in [1.82, 2.24) is 0 Å². The summed E-state index contributed by atoms with van der Waals surface area (Å²) >= 11 is 6.20. The number of hydrogen-bond donors (Lipinski definition) is 0. The number of benzene rings is 2. The fraction of sp³-hybridized carbons (Fsp3) is 0.278. The highest BCUT2D eigenvalue weighted by atomic mass is 35.5. The third-order valence-electron chi connectivity index (χ3n) is 3.44. The number of Topliss-reactive ketones (excluding diaryl/α,β-unsaturated/α-hetero) is 1. The number of ketones is 1. The van der Waals surface area contributed by atoms with E-state index in [1.807, 2.05) is 19.1 Å². The van der Waals surface area contributed by atoms with Crippen LogP contribution in [0.3, 0.4) is 0 Å². The van der Waals surface area contributed by atoms with Gasteiger partial charge in [-0.3, -0.25) is 4.79 Å². The summed E-state index contributed by atoms with van der Waals surface area (Å²) in [5.41, 5.74) is 2.85. The summed E-state index contributed by atoms with van der Waals surface area (Å²) in [6.45, 7) is 7.80. The molecule has 0 unspecified atom stereocenters. The Balaban J connectivity index is 2.34. The minimum atomic E-state index is -0.0126. The predicted octanol–water partition coefficient (Wildman–Crippen LogP) is 5.77. The van der Waals surface area contributed by atoms with E-state index in [4.69, 9.17) is 16.3 Å². The van der Waals surface area contributed by atoms with Crippen LogP contribution in [0.1, 0.15) is 48.2 Å². The summed E-state index contributed by atoms with van der Waals surface area (Å²) in [5, 5.41) is 0.442. The molecule has 0 spiro atoms. The van der Waals surface area contributed by atoms with Crippen molar-refractivity contribution in [3.63, 3.8) is 0 Å². The van der Waals surface area contributed by atoms with E-state index < -0.39 is 0 Å². The number of rotatable bonds is 4. The minimum Gasteiger partial charge on any atom is -0.456 e. The molecule has 0 N–H and O–H groups in total. The lowest BCUT2D eigenvalue weighted by Gasteiger charge is -2.13. The van der Waals surface area contributed by atoms with Gasteiger partial charge in [-0.05, 0) is 55.2 Å². The van der Waals surface area contributed by atoms with Crippen LogP contribution in [0.25, 0.3) is 0 Å². The number of carbonyl (C=O) groups excluding carboxylic acids is 1. The molecule has 0 aromatic heterocycles. The SMILES string of the molecule is CC(=O)c1ccc(Oc2cc(C(C)C)ccc2C)c(Cl)c1. The van der Waals surface area contributed by atoms with Crippen LogP contribution >= 0.6 is 11.6 Å². The zero-order valence-electron chi connectivity index (χ0n) is 12.7. The van der Waals surface area contributed by atoms with E-state index in [2.05, 4.69) is 19.9 Å². The van der Waals surface area contributed by atoms with Crippen LogP contribution in [-0.2, 0) is 0 Å². The molecule has 2 aromatic rings. The Kier molecular flexibility index (Phi) is 4.69. The number of hydrogen-bond acceptors (Lipinski definition) is 2. The molecule has 0 aliphatic carbocycles. The smallest absolute Gasteiger partial charge is 0.159 e. The van der Waals surface area contributed by atoms with Crippen LogP contribution in [0.5, 0.6) is 11.5 Å². The highest BCUT2D eigenvalue weighted by molar-refractivity contribution is 6.32. The monoisotopic (exact) mass is 302 g/mol. The van der Waals surface area contributed by atoms with Crippen molar-refractivity contribution in [2.24, 2.45) is 0 Å². The van der Waals surface area contributed by atoms with E-state index in [0.29, 0.717) is 22.3 Å². The van der Waals surface area contributed by atoms with Gasteiger partial charge in [0.1, 0.15) is 11.5 Å². The van der Waals surface area contributed by atoms with Crippen molar-refractivity contribution in [3.05, 3.63) is 58.1 Å². The minimum absolute atomic E-state index is 0.0126. The van der Waals surface area contributed by atoms with Gasteiger partial charge < -0.3 is 4.74 Å². The predicted molar refractivity (Wildman–Crippen MR) is 86.8 cm³/mol. The number of carbonyl (C=O) groups is 1. The van der Waals surface area contributed by atoms with Gasteiger partial charge in [0.05, 0.1) is 5.02 Å². The summed E-state index contributed by atoms with van der Waals surface area (Å²) in [5.74, 6) is 1.77. The standard InChI is InChI=1S/C18H19ClO2/c1-11(2)14-6-5-12(3)18(10-14)21-17-8-7-15(13(4)20)9-16(17)19/h5-11H,1-4H3. The third kappa shape index (κ3) is 3.64. The van der Waals surface area contributed by atoms with Gasteiger partial charge >= 0.3 is 0 Å². The molecule has 2 nitrogen and oxygen atoms in total. The van der Waals surface area contributed by atoms with Crippen molar-refractivity contribution in [2.45, 2.75) is 33.6 Å². The molecule has 3 heteroatoms. The first-order chi connectivity index (χ1) is 9.88. The molecule has 21 heavy (non-hydrogen) atoms. The van der Waals surface area contributed by atoms with E-state index in [9.17, 15) is 4.79 Å². The third-order valence-corrected chi connectivity index (χ3v) is 3.73. The first-order valence-electron chi connectivity index (χ1n) is 6.97. The van der Waals surface area contributed by atoms with Gasteiger partial charge in [-0.2, -0.15) is 0 Å². The summed E-state index contributed by atoms with van der Waals surface area (Å²) in [6.07, 6.45) is 0. The number of ether oxygens (including phenoxy) is 1. The largest absolute Gasteiger partial charge is 0.456 e. The van der Waals surface area contributed by atoms with Crippen LogP contribution < -0.4 is 4.74 Å². The van der Waals surface area contributed by atoms with Gasteiger partial charge in [0.15, 0.2) is 5.78 Å². The maximum Gasteiger partial charge on any atom is 0.159 e. The first kappa shape index (κ1) is 15.6. The molecule has 0 amide bonds. The van der Waals surface area contributed by atoms with Crippen molar-refractivity contribution < 1.29 is 9.53 Å². The molecule has 0 saturated carbocycles. The summed E-state index contributed by atoms with van der Waals surface area (Å²) < 4.78 is 5.92. The Morgan fingerprint density at radius 1 is 1.10 bits per heavy atom. The van der Waals surface area contributed by atoms with Gasteiger partial charge in [-0.1, -0.05) is 37.6 Å². The Hall–Kier alpha value is -1.80. The van der Waals surface area contributed by atoms with E-state index in [0.717, 1.165) is 11.3 Å². The van der Waals surface area contributed by atoms with E-state index in [-0.39, 0.29) is 5.78 Å². The second-order valence-electron chi connectivity index (χ2n) is 5.48. The van der Waals surface area contributed by atoms with Crippen LogP contribution in [0, 0.1) is 6.92 Å². The first-order valence-corrected chi connectivity index (χ1v) is 7.35. The zero-order chi connectivity index (χ0) is 15.6. The van der Waals surface area contributed by atoms with E-state index in [1.165, 1.54) is 12.5 Å². The maximum absolute atomic E-state index is 11.3. The molecule has 0 heterocycles. The van der Waals surface area contributed by atoms with Crippen molar-refractivity contribution >= 4 is 17.4 Å². The molecular formula is C18H19ClO2. The zero-order valence-corrected chi connectivity index (χ0v) is 13.5.